The van der Waals surface area contributed by atoms with Crippen molar-refractivity contribution in [2.24, 2.45) is 5.92 Å². The number of hydrogen-bond donors (Lipinski definition) is 2. The van der Waals surface area contributed by atoms with Gasteiger partial charge in [-0.25, -0.2) is 4.98 Å². The minimum Gasteiger partial charge on any atom is -0.368 e. The van der Waals surface area contributed by atoms with Gasteiger partial charge in [-0.3, -0.25) is 10.1 Å². The number of rotatable bonds is 3. The fraction of sp³-hybridized carbons (Fsp3) is 0.600. The predicted octanol–water partition coefficient (Wildman–Crippen LogP) is 1.57. The summed E-state index contributed by atoms with van der Waals surface area (Å²) in [6.45, 7) is 2.13. The summed E-state index contributed by atoms with van der Waals surface area (Å²) in [5.74, 6) is 0.760. The van der Waals surface area contributed by atoms with Gasteiger partial charge >= 0.3 is 5.69 Å². The summed E-state index contributed by atoms with van der Waals surface area (Å²) in [6, 6.07) is 0.225. The second-order valence-electron chi connectivity index (χ2n) is 4.38. The van der Waals surface area contributed by atoms with Gasteiger partial charge in [-0.05, 0) is 18.8 Å². The minimum atomic E-state index is -0.499. The zero-order valence-electron chi connectivity index (χ0n) is 9.59. The fourth-order valence-electron chi connectivity index (χ4n) is 2.16. The second-order valence-corrected chi connectivity index (χ2v) is 4.38. The first-order valence-corrected chi connectivity index (χ1v) is 5.61. The summed E-state index contributed by atoms with van der Waals surface area (Å²) in [5, 5.41) is 13.9. The van der Waals surface area contributed by atoms with E-state index in [2.05, 4.69) is 22.2 Å². The number of nitrogens with zero attached hydrogens (tertiary/aromatic N) is 3. The highest BCUT2D eigenvalue weighted by molar-refractivity contribution is 5.56. The number of aromatic nitrogens is 2. The molecule has 1 heterocycles. The van der Waals surface area contributed by atoms with Crippen molar-refractivity contribution in [3.05, 3.63) is 16.3 Å². The maximum absolute atomic E-state index is 10.8. The minimum absolute atomic E-state index is 0.0451. The van der Waals surface area contributed by atoms with E-state index in [4.69, 9.17) is 5.73 Å². The van der Waals surface area contributed by atoms with Crippen molar-refractivity contribution in [3.8, 4) is 0 Å². The van der Waals surface area contributed by atoms with Gasteiger partial charge in [0, 0.05) is 6.04 Å². The molecule has 0 bridgehead atoms. The molecule has 2 atom stereocenters. The van der Waals surface area contributed by atoms with Crippen LogP contribution in [0.1, 0.15) is 26.2 Å². The summed E-state index contributed by atoms with van der Waals surface area (Å²) in [7, 11) is 0. The van der Waals surface area contributed by atoms with Crippen molar-refractivity contribution in [2.75, 3.05) is 11.1 Å². The first kappa shape index (κ1) is 11.6. The van der Waals surface area contributed by atoms with E-state index in [1.807, 2.05) is 0 Å². The van der Waals surface area contributed by atoms with Crippen LogP contribution in [0.3, 0.4) is 0 Å². The highest BCUT2D eigenvalue weighted by atomic mass is 16.6. The van der Waals surface area contributed by atoms with E-state index in [0.29, 0.717) is 5.92 Å². The van der Waals surface area contributed by atoms with Crippen molar-refractivity contribution in [1.29, 1.82) is 0 Å². The molecule has 17 heavy (non-hydrogen) atoms. The van der Waals surface area contributed by atoms with E-state index in [1.165, 1.54) is 0 Å². The Morgan fingerprint density at radius 3 is 2.94 bits per heavy atom. The van der Waals surface area contributed by atoms with Crippen LogP contribution < -0.4 is 11.1 Å². The molecule has 3 N–H and O–H groups in total. The van der Waals surface area contributed by atoms with Crippen molar-refractivity contribution in [3.63, 3.8) is 0 Å². The predicted molar refractivity (Wildman–Crippen MR) is 63.5 cm³/mol. The number of anilines is 2. The standard InChI is InChI=1S/C10H15N5O2/c1-6-3-2-4-7(6)13-9-8(15(16)17)5-12-10(11)14-9/h5-7H,2-4H2,1H3,(H3,11,12,13,14). The van der Waals surface area contributed by atoms with Crippen LogP contribution in [0.4, 0.5) is 17.5 Å². The van der Waals surface area contributed by atoms with Gasteiger partial charge in [-0.2, -0.15) is 4.98 Å². The zero-order valence-corrected chi connectivity index (χ0v) is 9.59. The SMILES string of the molecule is CC1CCCC1Nc1nc(N)ncc1[N+](=O)[O-]. The third-order valence-corrected chi connectivity index (χ3v) is 3.17. The van der Waals surface area contributed by atoms with E-state index >= 15 is 0 Å². The molecule has 1 fully saturated rings. The highest BCUT2D eigenvalue weighted by Crippen LogP contribution is 2.30. The Morgan fingerprint density at radius 2 is 2.35 bits per heavy atom. The Kier molecular flexibility index (Phi) is 3.08. The molecule has 1 aliphatic rings. The molecule has 7 heteroatoms. The lowest BCUT2D eigenvalue weighted by Gasteiger charge is -2.17. The molecule has 2 unspecified atom stereocenters. The third-order valence-electron chi connectivity index (χ3n) is 3.17. The average molecular weight is 237 g/mol. The van der Waals surface area contributed by atoms with Gasteiger partial charge < -0.3 is 11.1 Å². The number of hydrogen-bond acceptors (Lipinski definition) is 6. The van der Waals surface area contributed by atoms with Gasteiger partial charge in [0.1, 0.15) is 6.20 Å². The Hall–Kier alpha value is -1.92. The van der Waals surface area contributed by atoms with E-state index < -0.39 is 4.92 Å². The van der Waals surface area contributed by atoms with E-state index in [0.717, 1.165) is 25.5 Å². The normalized spacial score (nSPS) is 23.6. The number of nitrogens with one attached hydrogen (secondary N) is 1. The number of nitrogens with two attached hydrogens (primary N) is 1. The molecule has 0 spiro atoms. The highest BCUT2D eigenvalue weighted by Gasteiger charge is 2.26. The molecule has 1 aromatic heterocycles. The Bertz CT molecular complexity index is 437. The summed E-state index contributed by atoms with van der Waals surface area (Å²) >= 11 is 0. The monoisotopic (exact) mass is 237 g/mol. The van der Waals surface area contributed by atoms with E-state index in [-0.39, 0.29) is 23.5 Å². The number of nitro groups is 1. The van der Waals surface area contributed by atoms with Crippen LogP contribution in [-0.4, -0.2) is 20.9 Å². The van der Waals surface area contributed by atoms with Crippen LogP contribution in [0.5, 0.6) is 0 Å². The van der Waals surface area contributed by atoms with Gasteiger partial charge in [-0.15, -0.1) is 0 Å². The summed E-state index contributed by atoms with van der Waals surface area (Å²) < 4.78 is 0. The lowest BCUT2D eigenvalue weighted by atomic mass is 10.1. The quantitative estimate of drug-likeness (QED) is 0.610. The molecule has 0 aromatic carbocycles. The molecule has 1 saturated carbocycles. The summed E-state index contributed by atoms with van der Waals surface area (Å²) in [5.41, 5.74) is 5.33. The molecule has 2 rings (SSSR count). The van der Waals surface area contributed by atoms with Gasteiger partial charge in [0.25, 0.3) is 0 Å². The smallest absolute Gasteiger partial charge is 0.329 e. The Balaban J connectivity index is 2.24. The van der Waals surface area contributed by atoms with Crippen molar-refractivity contribution in [2.45, 2.75) is 32.2 Å². The van der Waals surface area contributed by atoms with Crippen LogP contribution in [0.15, 0.2) is 6.20 Å². The van der Waals surface area contributed by atoms with Gasteiger partial charge in [0.05, 0.1) is 4.92 Å². The Labute approximate surface area is 98.6 Å². The lowest BCUT2D eigenvalue weighted by molar-refractivity contribution is -0.384. The Morgan fingerprint density at radius 1 is 1.59 bits per heavy atom. The van der Waals surface area contributed by atoms with Gasteiger partial charge in [-0.1, -0.05) is 13.3 Å². The van der Waals surface area contributed by atoms with Crippen LogP contribution in [-0.2, 0) is 0 Å². The fourth-order valence-corrected chi connectivity index (χ4v) is 2.16. The topological polar surface area (TPSA) is 107 Å². The van der Waals surface area contributed by atoms with Crippen LogP contribution in [0.2, 0.25) is 0 Å². The van der Waals surface area contributed by atoms with E-state index in [9.17, 15) is 10.1 Å². The maximum Gasteiger partial charge on any atom is 0.329 e. The van der Waals surface area contributed by atoms with Crippen LogP contribution >= 0.6 is 0 Å². The van der Waals surface area contributed by atoms with E-state index in [1.54, 1.807) is 0 Å². The molecule has 1 aromatic rings. The molecule has 0 radical (unpaired) electrons. The van der Waals surface area contributed by atoms with Crippen molar-refractivity contribution in [1.82, 2.24) is 9.97 Å². The van der Waals surface area contributed by atoms with Gasteiger partial charge in [0.15, 0.2) is 0 Å². The lowest BCUT2D eigenvalue weighted by Crippen LogP contribution is -2.23. The molecule has 0 saturated heterocycles. The first-order chi connectivity index (χ1) is 8.08. The molecule has 7 nitrogen and oxygen atoms in total. The molecule has 0 amide bonds. The molecule has 92 valence electrons. The third kappa shape index (κ3) is 2.43. The molecule has 0 aliphatic heterocycles. The summed E-state index contributed by atoms with van der Waals surface area (Å²) in [4.78, 5) is 17.9. The first-order valence-electron chi connectivity index (χ1n) is 5.61. The van der Waals surface area contributed by atoms with Gasteiger partial charge in [0.2, 0.25) is 11.8 Å². The molecular weight excluding hydrogens is 222 g/mol. The maximum atomic E-state index is 10.8. The largest absolute Gasteiger partial charge is 0.368 e. The summed E-state index contributed by atoms with van der Waals surface area (Å²) in [6.07, 6.45) is 4.41. The molecule has 1 aliphatic carbocycles. The second kappa shape index (κ2) is 4.52. The van der Waals surface area contributed by atoms with Crippen LogP contribution in [0, 0.1) is 16.0 Å². The molecular formula is C10H15N5O2. The van der Waals surface area contributed by atoms with Crippen molar-refractivity contribution >= 4 is 17.5 Å². The van der Waals surface area contributed by atoms with Crippen molar-refractivity contribution < 1.29 is 4.92 Å². The van der Waals surface area contributed by atoms with Crippen LogP contribution in [0.25, 0.3) is 0 Å². The number of nitrogen functional groups attached to an aromatic ring is 1. The average Bonchev–Trinajstić information content (AvgIpc) is 2.64. The zero-order chi connectivity index (χ0) is 12.4.